The summed E-state index contributed by atoms with van der Waals surface area (Å²) in [6, 6.07) is 12.0. The molecule has 0 bridgehead atoms. The van der Waals surface area contributed by atoms with Crippen molar-refractivity contribution in [3.8, 4) is 0 Å². The molecule has 2 heterocycles. The quantitative estimate of drug-likeness (QED) is 0.937. The number of nitrogens with one attached hydrogen (secondary N) is 1. The number of nitrogens with zero attached hydrogens (tertiary/aromatic N) is 2. The normalized spacial score (nSPS) is 19.1. The summed E-state index contributed by atoms with van der Waals surface area (Å²) >= 11 is 0. The largest absolute Gasteiger partial charge is 0.360 e. The first-order valence-corrected chi connectivity index (χ1v) is 7.43. The van der Waals surface area contributed by atoms with E-state index in [9.17, 15) is 4.79 Å². The van der Waals surface area contributed by atoms with Crippen LogP contribution in [0.15, 0.2) is 42.6 Å². The molecule has 0 saturated heterocycles. The van der Waals surface area contributed by atoms with Crippen LogP contribution in [-0.4, -0.2) is 21.4 Å². The minimum Gasteiger partial charge on any atom is -0.360 e. The molecule has 110 valence electrons. The Hall–Kier alpha value is -2.23. The summed E-state index contributed by atoms with van der Waals surface area (Å²) in [5.41, 5.74) is 2.76. The molecule has 4 nitrogen and oxygen atoms in total. The maximum Gasteiger partial charge on any atom is 0.258 e. The van der Waals surface area contributed by atoms with Gasteiger partial charge >= 0.3 is 0 Å². The minimum atomic E-state index is -0.123. The van der Waals surface area contributed by atoms with Gasteiger partial charge in [-0.15, -0.1) is 0 Å². The summed E-state index contributed by atoms with van der Waals surface area (Å²) in [7, 11) is 2.01. The van der Waals surface area contributed by atoms with Crippen molar-refractivity contribution in [1.29, 1.82) is 0 Å². The van der Waals surface area contributed by atoms with Gasteiger partial charge in [0, 0.05) is 25.0 Å². The van der Waals surface area contributed by atoms with Gasteiger partial charge in [0.2, 0.25) is 0 Å². The SMILES string of the molecule is CC[C@@H](C)N1C(=O)c2ccccc2N[C@H]1c1cccn1C. The lowest BCUT2D eigenvalue weighted by atomic mass is 10.0. The lowest BCUT2D eigenvalue weighted by molar-refractivity contribution is 0.0586. The Morgan fingerprint density at radius 1 is 1.24 bits per heavy atom. The average molecular weight is 283 g/mol. The Morgan fingerprint density at radius 3 is 2.67 bits per heavy atom. The van der Waals surface area contributed by atoms with Crippen LogP contribution >= 0.6 is 0 Å². The maximum atomic E-state index is 12.9. The van der Waals surface area contributed by atoms with Crippen LogP contribution in [0.1, 0.15) is 42.5 Å². The predicted molar refractivity (Wildman–Crippen MR) is 84.1 cm³/mol. The van der Waals surface area contributed by atoms with E-state index in [1.165, 1.54) is 0 Å². The lowest BCUT2D eigenvalue weighted by Gasteiger charge is -2.41. The zero-order valence-corrected chi connectivity index (χ0v) is 12.7. The Bertz CT molecular complexity index is 662. The van der Waals surface area contributed by atoms with Gasteiger partial charge in [-0.05, 0) is 37.6 Å². The van der Waals surface area contributed by atoms with Gasteiger partial charge in [0.1, 0.15) is 6.17 Å². The fourth-order valence-electron chi connectivity index (χ4n) is 2.89. The number of anilines is 1. The summed E-state index contributed by atoms with van der Waals surface area (Å²) in [6.45, 7) is 4.21. The molecule has 0 aliphatic carbocycles. The smallest absolute Gasteiger partial charge is 0.258 e. The number of para-hydroxylation sites is 1. The highest BCUT2D eigenvalue weighted by Crippen LogP contribution is 2.34. The second-order valence-corrected chi connectivity index (χ2v) is 5.61. The summed E-state index contributed by atoms with van der Waals surface area (Å²) in [4.78, 5) is 14.9. The zero-order chi connectivity index (χ0) is 15.0. The summed E-state index contributed by atoms with van der Waals surface area (Å²) in [5.74, 6) is 0.102. The Morgan fingerprint density at radius 2 is 2.00 bits per heavy atom. The van der Waals surface area contributed by atoms with Crippen molar-refractivity contribution in [3.63, 3.8) is 0 Å². The fraction of sp³-hybridized carbons (Fsp3) is 0.353. The number of carbonyl (C=O) groups excluding carboxylic acids is 1. The number of aryl methyl sites for hydroxylation is 1. The van der Waals surface area contributed by atoms with E-state index in [4.69, 9.17) is 0 Å². The van der Waals surface area contributed by atoms with Crippen molar-refractivity contribution in [2.75, 3.05) is 5.32 Å². The van der Waals surface area contributed by atoms with E-state index in [-0.39, 0.29) is 18.1 Å². The molecule has 1 N–H and O–H groups in total. The predicted octanol–water partition coefficient (Wildman–Crippen LogP) is 3.39. The van der Waals surface area contributed by atoms with Gasteiger partial charge in [-0.2, -0.15) is 0 Å². The lowest BCUT2D eigenvalue weighted by Crippen LogP contribution is -2.48. The van der Waals surface area contributed by atoms with Gasteiger partial charge < -0.3 is 14.8 Å². The van der Waals surface area contributed by atoms with Crippen molar-refractivity contribution in [2.45, 2.75) is 32.5 Å². The molecule has 1 aromatic heterocycles. The number of rotatable bonds is 3. The van der Waals surface area contributed by atoms with E-state index >= 15 is 0 Å². The number of aromatic nitrogens is 1. The highest BCUT2D eigenvalue weighted by Gasteiger charge is 2.36. The van der Waals surface area contributed by atoms with E-state index in [2.05, 4.69) is 29.8 Å². The molecule has 1 aliphatic heterocycles. The number of benzene rings is 1. The molecule has 0 fully saturated rings. The molecule has 0 spiro atoms. The molecule has 2 aromatic rings. The van der Waals surface area contributed by atoms with Crippen molar-refractivity contribution < 1.29 is 4.79 Å². The van der Waals surface area contributed by atoms with Crippen molar-refractivity contribution in [3.05, 3.63) is 53.9 Å². The molecular formula is C17H21N3O. The summed E-state index contributed by atoms with van der Waals surface area (Å²) < 4.78 is 2.06. The molecule has 21 heavy (non-hydrogen) atoms. The van der Waals surface area contributed by atoms with Crippen LogP contribution in [0.25, 0.3) is 0 Å². The van der Waals surface area contributed by atoms with Gasteiger partial charge in [0.15, 0.2) is 0 Å². The monoisotopic (exact) mass is 283 g/mol. The van der Waals surface area contributed by atoms with Crippen LogP contribution in [0.4, 0.5) is 5.69 Å². The van der Waals surface area contributed by atoms with Crippen molar-refractivity contribution >= 4 is 11.6 Å². The fourth-order valence-corrected chi connectivity index (χ4v) is 2.89. The van der Waals surface area contributed by atoms with E-state index in [1.807, 2.05) is 48.5 Å². The third-order valence-electron chi connectivity index (χ3n) is 4.29. The molecule has 2 atom stereocenters. The van der Waals surface area contributed by atoms with Crippen LogP contribution in [0.5, 0.6) is 0 Å². The summed E-state index contributed by atoms with van der Waals surface area (Å²) in [6.07, 6.45) is 2.81. The number of hydrogen-bond acceptors (Lipinski definition) is 2. The Labute approximate surface area is 125 Å². The summed E-state index contributed by atoms with van der Waals surface area (Å²) in [5, 5.41) is 3.52. The number of fused-ring (bicyclic) bond motifs is 1. The Kier molecular flexibility index (Phi) is 3.45. The van der Waals surface area contributed by atoms with E-state index in [0.717, 1.165) is 23.4 Å². The minimum absolute atomic E-state index is 0.102. The number of carbonyl (C=O) groups is 1. The van der Waals surface area contributed by atoms with Gasteiger partial charge in [-0.3, -0.25) is 4.79 Å². The van der Waals surface area contributed by atoms with Crippen molar-refractivity contribution in [1.82, 2.24) is 9.47 Å². The average Bonchev–Trinajstić information content (AvgIpc) is 2.92. The molecule has 0 unspecified atom stereocenters. The van der Waals surface area contributed by atoms with E-state index < -0.39 is 0 Å². The number of amides is 1. The second kappa shape index (κ2) is 5.28. The molecule has 4 heteroatoms. The van der Waals surface area contributed by atoms with Gasteiger partial charge in [-0.1, -0.05) is 19.1 Å². The highest BCUT2D eigenvalue weighted by molar-refractivity contribution is 6.01. The molecule has 1 aliphatic rings. The maximum absolute atomic E-state index is 12.9. The second-order valence-electron chi connectivity index (χ2n) is 5.61. The molecular weight excluding hydrogens is 262 g/mol. The Balaban J connectivity index is 2.10. The molecule has 1 aromatic carbocycles. The molecule has 0 saturated carbocycles. The van der Waals surface area contributed by atoms with Crippen LogP contribution in [0, 0.1) is 0 Å². The third kappa shape index (κ3) is 2.20. The third-order valence-corrected chi connectivity index (χ3v) is 4.29. The van der Waals surface area contributed by atoms with E-state index in [0.29, 0.717) is 0 Å². The highest BCUT2D eigenvalue weighted by atomic mass is 16.2. The zero-order valence-electron chi connectivity index (χ0n) is 12.7. The van der Waals surface area contributed by atoms with Crippen LogP contribution < -0.4 is 5.32 Å². The van der Waals surface area contributed by atoms with Gasteiger partial charge in [-0.25, -0.2) is 0 Å². The van der Waals surface area contributed by atoms with Crippen LogP contribution in [0.3, 0.4) is 0 Å². The molecule has 1 amide bonds. The molecule has 0 radical (unpaired) electrons. The standard InChI is InChI=1S/C17H21N3O/c1-4-12(2)20-16(15-10-7-11-19(15)3)18-14-9-6-5-8-13(14)17(20)21/h5-12,16,18H,4H2,1-3H3/t12-,16-/m1/s1. The molecule has 3 rings (SSSR count). The first-order valence-electron chi connectivity index (χ1n) is 7.43. The van der Waals surface area contributed by atoms with Crippen molar-refractivity contribution in [2.24, 2.45) is 7.05 Å². The van der Waals surface area contributed by atoms with Gasteiger partial charge in [0.05, 0.1) is 11.3 Å². The van der Waals surface area contributed by atoms with Crippen LogP contribution in [0.2, 0.25) is 0 Å². The first-order chi connectivity index (χ1) is 10.1. The van der Waals surface area contributed by atoms with E-state index in [1.54, 1.807) is 0 Å². The van der Waals surface area contributed by atoms with Gasteiger partial charge in [0.25, 0.3) is 5.91 Å². The first kappa shape index (κ1) is 13.7. The van der Waals surface area contributed by atoms with Crippen LogP contribution in [-0.2, 0) is 7.05 Å². The number of hydrogen-bond donors (Lipinski definition) is 1. The topological polar surface area (TPSA) is 37.3 Å².